The van der Waals surface area contributed by atoms with Gasteiger partial charge in [-0.3, -0.25) is 4.79 Å². The summed E-state index contributed by atoms with van der Waals surface area (Å²) in [6, 6.07) is 31.6. The molecule has 5 rings (SSSR count). The van der Waals surface area contributed by atoms with E-state index in [0.717, 1.165) is 33.2 Å². The van der Waals surface area contributed by atoms with Gasteiger partial charge in [0.25, 0.3) is 5.91 Å². The number of halogens is 1. The Labute approximate surface area is 228 Å². The molecule has 4 nitrogen and oxygen atoms in total. The molecule has 1 heterocycles. The van der Waals surface area contributed by atoms with Crippen molar-refractivity contribution in [3.05, 3.63) is 130 Å². The molecule has 1 aromatic heterocycles. The van der Waals surface area contributed by atoms with Crippen LogP contribution in [0.3, 0.4) is 0 Å². The highest BCUT2D eigenvalue weighted by Gasteiger charge is 2.16. The molecule has 0 spiro atoms. The molecule has 1 unspecified atom stereocenters. The average molecular weight is 518 g/mol. The number of nitriles is 1. The van der Waals surface area contributed by atoms with E-state index >= 15 is 0 Å². The van der Waals surface area contributed by atoms with Crippen molar-refractivity contribution in [3.8, 4) is 17.2 Å². The van der Waals surface area contributed by atoms with Gasteiger partial charge >= 0.3 is 0 Å². The van der Waals surface area contributed by atoms with Gasteiger partial charge in [0.05, 0.1) is 17.7 Å². The fraction of sp³-hybridized carbons (Fsp3) is 0.152. The molecule has 0 saturated carbocycles. The second-order valence-corrected chi connectivity index (χ2v) is 10.1. The Morgan fingerprint density at radius 2 is 1.74 bits per heavy atom. The summed E-state index contributed by atoms with van der Waals surface area (Å²) >= 11 is 6.12. The van der Waals surface area contributed by atoms with Crippen molar-refractivity contribution in [1.29, 1.82) is 5.26 Å². The van der Waals surface area contributed by atoms with Crippen molar-refractivity contribution in [2.24, 2.45) is 0 Å². The molecule has 5 heteroatoms. The lowest BCUT2D eigenvalue weighted by Gasteiger charge is -2.15. The molecule has 1 amide bonds. The summed E-state index contributed by atoms with van der Waals surface area (Å²) in [6.45, 7) is 6.89. The number of rotatable bonds is 6. The van der Waals surface area contributed by atoms with Crippen molar-refractivity contribution in [1.82, 2.24) is 9.88 Å². The summed E-state index contributed by atoms with van der Waals surface area (Å²) in [5, 5.41) is 14.3. The smallest absolute Gasteiger partial charge is 0.251 e. The van der Waals surface area contributed by atoms with Gasteiger partial charge in [-0.2, -0.15) is 5.26 Å². The van der Waals surface area contributed by atoms with Gasteiger partial charge < -0.3 is 9.88 Å². The standard InChI is InChI=1S/C33H28ClN3O/c1-21-23(3)37(20-24-11-13-25(14-12-24)30-10-5-4-7-28(30)19-35)32-16-15-27(18-31(21)32)33(38)36-22(2)26-8-6-9-29(34)17-26/h4-18,22H,20H2,1-3H3,(H,36,38). The minimum atomic E-state index is -0.160. The number of hydrogen-bond acceptors (Lipinski definition) is 2. The maximum Gasteiger partial charge on any atom is 0.251 e. The van der Waals surface area contributed by atoms with E-state index in [9.17, 15) is 10.1 Å². The number of amides is 1. The van der Waals surface area contributed by atoms with Crippen LogP contribution in [0.4, 0.5) is 0 Å². The molecule has 0 radical (unpaired) electrons. The van der Waals surface area contributed by atoms with Gasteiger partial charge in [-0.25, -0.2) is 0 Å². The molecular formula is C33H28ClN3O. The summed E-state index contributed by atoms with van der Waals surface area (Å²) in [6.07, 6.45) is 0. The quantitative estimate of drug-likeness (QED) is 0.248. The molecule has 0 fully saturated rings. The first-order valence-electron chi connectivity index (χ1n) is 12.6. The predicted molar refractivity (Wildman–Crippen MR) is 154 cm³/mol. The molecular weight excluding hydrogens is 490 g/mol. The Morgan fingerprint density at radius 1 is 0.974 bits per heavy atom. The first kappa shape index (κ1) is 25.3. The van der Waals surface area contributed by atoms with Gasteiger partial charge in [0.15, 0.2) is 0 Å². The van der Waals surface area contributed by atoms with E-state index in [4.69, 9.17) is 11.6 Å². The number of carbonyl (C=O) groups excluding carboxylic acids is 1. The third kappa shape index (κ3) is 4.94. The van der Waals surface area contributed by atoms with E-state index in [-0.39, 0.29) is 11.9 Å². The van der Waals surface area contributed by atoms with Crippen LogP contribution < -0.4 is 5.32 Å². The van der Waals surface area contributed by atoms with E-state index in [1.54, 1.807) is 0 Å². The molecule has 0 aliphatic heterocycles. The van der Waals surface area contributed by atoms with Gasteiger partial charge in [0, 0.05) is 33.7 Å². The van der Waals surface area contributed by atoms with Gasteiger partial charge in [0.1, 0.15) is 0 Å². The highest BCUT2D eigenvalue weighted by Crippen LogP contribution is 2.29. The number of aryl methyl sites for hydroxylation is 1. The highest BCUT2D eigenvalue weighted by molar-refractivity contribution is 6.30. The zero-order valence-corrected chi connectivity index (χ0v) is 22.4. The number of hydrogen-bond donors (Lipinski definition) is 1. The van der Waals surface area contributed by atoms with Crippen molar-refractivity contribution in [3.63, 3.8) is 0 Å². The third-order valence-corrected chi connectivity index (χ3v) is 7.49. The highest BCUT2D eigenvalue weighted by atomic mass is 35.5. The molecule has 5 aromatic rings. The normalized spacial score (nSPS) is 11.8. The van der Waals surface area contributed by atoms with E-state index in [0.29, 0.717) is 22.7 Å². The first-order chi connectivity index (χ1) is 18.4. The zero-order valence-electron chi connectivity index (χ0n) is 21.6. The predicted octanol–water partition coefficient (Wildman–Crippen LogP) is 7.99. The summed E-state index contributed by atoms with van der Waals surface area (Å²) in [4.78, 5) is 13.1. The van der Waals surface area contributed by atoms with Crippen molar-refractivity contribution >= 4 is 28.4 Å². The molecule has 0 bridgehead atoms. The van der Waals surface area contributed by atoms with Crippen LogP contribution in [0.5, 0.6) is 0 Å². The number of nitrogens with zero attached hydrogens (tertiary/aromatic N) is 2. The minimum absolute atomic E-state index is 0.114. The monoisotopic (exact) mass is 517 g/mol. The summed E-state index contributed by atoms with van der Waals surface area (Å²) in [5.41, 5.74) is 8.83. The number of carbonyl (C=O) groups is 1. The largest absolute Gasteiger partial charge is 0.346 e. The molecule has 1 atom stereocenters. The Bertz CT molecular complexity index is 1690. The summed E-state index contributed by atoms with van der Waals surface area (Å²) in [5.74, 6) is -0.114. The number of nitrogens with one attached hydrogen (secondary N) is 1. The fourth-order valence-corrected chi connectivity index (χ4v) is 5.14. The van der Waals surface area contributed by atoms with Crippen molar-refractivity contribution in [2.75, 3.05) is 0 Å². The van der Waals surface area contributed by atoms with Gasteiger partial charge in [-0.15, -0.1) is 0 Å². The van der Waals surface area contributed by atoms with E-state index < -0.39 is 0 Å². The molecule has 0 aliphatic carbocycles. The van der Waals surface area contributed by atoms with E-state index in [1.165, 1.54) is 11.3 Å². The topological polar surface area (TPSA) is 57.8 Å². The minimum Gasteiger partial charge on any atom is -0.346 e. The lowest BCUT2D eigenvalue weighted by molar-refractivity contribution is 0.0940. The molecule has 4 aromatic carbocycles. The van der Waals surface area contributed by atoms with Crippen LogP contribution in [0.25, 0.3) is 22.0 Å². The SMILES string of the molecule is Cc1c(C)n(Cc2ccc(-c3ccccc3C#N)cc2)c2ccc(C(=O)NC(C)c3cccc(Cl)c3)cc12. The second-order valence-electron chi connectivity index (χ2n) is 9.63. The van der Waals surface area contributed by atoms with Gasteiger partial charge in [-0.1, -0.05) is 66.2 Å². The van der Waals surface area contributed by atoms with Crippen molar-refractivity contribution < 1.29 is 4.79 Å². The Hall–Kier alpha value is -4.33. The van der Waals surface area contributed by atoms with Crippen molar-refractivity contribution in [2.45, 2.75) is 33.4 Å². The fourth-order valence-electron chi connectivity index (χ4n) is 4.94. The van der Waals surface area contributed by atoms with Crippen LogP contribution in [-0.2, 0) is 6.54 Å². The lowest BCUT2D eigenvalue weighted by atomic mass is 9.99. The Balaban J connectivity index is 1.39. The number of fused-ring (bicyclic) bond motifs is 1. The van der Waals surface area contributed by atoms with E-state index in [1.807, 2.05) is 73.7 Å². The maximum absolute atomic E-state index is 13.1. The molecule has 188 valence electrons. The molecule has 0 saturated heterocycles. The van der Waals surface area contributed by atoms with Gasteiger partial charge in [0.2, 0.25) is 0 Å². The van der Waals surface area contributed by atoms with Crippen LogP contribution in [0.2, 0.25) is 5.02 Å². The van der Waals surface area contributed by atoms with Crippen LogP contribution in [-0.4, -0.2) is 10.5 Å². The first-order valence-corrected chi connectivity index (χ1v) is 13.0. The van der Waals surface area contributed by atoms with E-state index in [2.05, 4.69) is 54.1 Å². The van der Waals surface area contributed by atoms with Crippen LogP contribution >= 0.6 is 11.6 Å². The average Bonchev–Trinajstić information content (AvgIpc) is 3.17. The lowest BCUT2D eigenvalue weighted by Crippen LogP contribution is -2.26. The summed E-state index contributed by atoms with van der Waals surface area (Å²) in [7, 11) is 0. The van der Waals surface area contributed by atoms with Crippen LogP contribution in [0.15, 0.2) is 91.0 Å². The molecule has 0 aliphatic rings. The van der Waals surface area contributed by atoms with Crippen LogP contribution in [0, 0.1) is 25.2 Å². The van der Waals surface area contributed by atoms with Crippen LogP contribution in [0.1, 0.15) is 51.3 Å². The summed E-state index contributed by atoms with van der Waals surface area (Å²) < 4.78 is 2.29. The second kappa shape index (κ2) is 10.6. The maximum atomic E-state index is 13.1. The van der Waals surface area contributed by atoms with Gasteiger partial charge in [-0.05, 0) is 85.0 Å². The Morgan fingerprint density at radius 3 is 2.47 bits per heavy atom. The molecule has 38 heavy (non-hydrogen) atoms. The number of benzene rings is 4. The number of aromatic nitrogens is 1. The molecule has 1 N–H and O–H groups in total. The Kier molecular flexibility index (Phi) is 7.05. The third-order valence-electron chi connectivity index (χ3n) is 7.25. The zero-order chi connectivity index (χ0) is 26.8.